The van der Waals surface area contributed by atoms with Crippen LogP contribution in [0.3, 0.4) is 0 Å². The molecule has 3 nitrogen and oxygen atoms in total. The largest absolute Gasteiger partial charge is 0.382 e. The van der Waals surface area contributed by atoms with Gasteiger partial charge >= 0.3 is 5.96 Å². The van der Waals surface area contributed by atoms with E-state index in [1.807, 2.05) is 18.2 Å². The molecule has 1 aromatic rings. The molecule has 4 heteroatoms. The molecular formula is C8H8ClN3+. The van der Waals surface area contributed by atoms with Crippen LogP contribution in [0.25, 0.3) is 0 Å². The van der Waals surface area contributed by atoms with E-state index in [2.05, 4.69) is 10.3 Å². The Labute approximate surface area is 75.2 Å². The number of nitrogens with two attached hydrogens (primary N) is 1. The van der Waals surface area contributed by atoms with Gasteiger partial charge in [-0.3, -0.25) is 5.73 Å². The van der Waals surface area contributed by atoms with Gasteiger partial charge in [0.05, 0.1) is 0 Å². The van der Waals surface area contributed by atoms with Crippen molar-refractivity contribution in [2.45, 2.75) is 6.54 Å². The summed E-state index contributed by atoms with van der Waals surface area (Å²) in [5.41, 5.74) is 7.57. The van der Waals surface area contributed by atoms with E-state index in [4.69, 9.17) is 17.3 Å². The van der Waals surface area contributed by atoms with Crippen molar-refractivity contribution in [3.63, 3.8) is 0 Å². The van der Waals surface area contributed by atoms with Crippen molar-refractivity contribution < 1.29 is 0 Å². The fraction of sp³-hybridized carbons (Fsp3) is 0.125. The lowest BCUT2D eigenvalue weighted by atomic mass is 10.1. The molecule has 0 spiro atoms. The summed E-state index contributed by atoms with van der Waals surface area (Å²) < 4.78 is 0. The van der Waals surface area contributed by atoms with Crippen molar-refractivity contribution in [1.82, 2.24) is 4.99 Å². The van der Waals surface area contributed by atoms with E-state index < -0.39 is 0 Å². The number of anilines is 1. The van der Waals surface area contributed by atoms with Crippen LogP contribution in [0.2, 0.25) is 5.02 Å². The molecule has 61 valence electrons. The molecule has 0 unspecified atom stereocenters. The van der Waals surface area contributed by atoms with Gasteiger partial charge in [-0.15, -0.1) is 4.99 Å². The maximum atomic E-state index is 5.80. The zero-order valence-electron chi connectivity index (χ0n) is 6.34. The second-order valence-corrected chi connectivity index (χ2v) is 3.06. The molecule has 3 N–H and O–H groups in total. The van der Waals surface area contributed by atoms with Crippen LogP contribution in [-0.4, -0.2) is 5.96 Å². The number of rotatable bonds is 0. The van der Waals surface area contributed by atoms with Crippen molar-refractivity contribution in [3.05, 3.63) is 28.8 Å². The van der Waals surface area contributed by atoms with Crippen molar-refractivity contribution in [3.8, 4) is 0 Å². The number of hydrogen-bond donors (Lipinski definition) is 2. The molecular weight excluding hydrogens is 174 g/mol. The van der Waals surface area contributed by atoms with Gasteiger partial charge in [0, 0.05) is 10.6 Å². The molecule has 0 aromatic heterocycles. The van der Waals surface area contributed by atoms with Crippen LogP contribution in [0.1, 0.15) is 5.56 Å². The number of aliphatic imine (C=N–C) groups is 1. The summed E-state index contributed by atoms with van der Waals surface area (Å²) >= 11 is 5.80. The van der Waals surface area contributed by atoms with Crippen LogP contribution in [-0.2, 0) is 6.54 Å². The topological polar surface area (TPSA) is 52.2 Å². The highest BCUT2D eigenvalue weighted by Gasteiger charge is 2.15. The average Bonchev–Trinajstić information content (AvgIpc) is 2.03. The van der Waals surface area contributed by atoms with Crippen LogP contribution in [0.5, 0.6) is 0 Å². The monoisotopic (exact) mass is 181 g/mol. The normalized spacial score (nSPS) is 14.6. The molecule has 1 aromatic carbocycles. The maximum absolute atomic E-state index is 5.80. The summed E-state index contributed by atoms with van der Waals surface area (Å²) in [5, 5.41) is 3.65. The maximum Gasteiger partial charge on any atom is 0.382 e. The van der Waals surface area contributed by atoms with E-state index in [1.54, 1.807) is 0 Å². The van der Waals surface area contributed by atoms with Gasteiger partial charge < -0.3 is 0 Å². The lowest BCUT2D eigenvalue weighted by Crippen LogP contribution is -2.31. The molecule has 0 amide bonds. The highest BCUT2D eigenvalue weighted by atomic mass is 35.5. The van der Waals surface area contributed by atoms with Crippen molar-refractivity contribution >= 4 is 23.2 Å². The first-order valence-corrected chi connectivity index (χ1v) is 3.99. The lowest BCUT2D eigenvalue weighted by Gasteiger charge is -2.08. The second-order valence-electron chi connectivity index (χ2n) is 2.63. The Morgan fingerprint density at radius 3 is 3.17 bits per heavy atom. The molecule has 0 saturated carbocycles. The predicted molar refractivity (Wildman–Crippen MR) is 50.1 cm³/mol. The number of benzene rings is 1. The minimum atomic E-state index is 0.449. The molecule has 0 fully saturated rings. The van der Waals surface area contributed by atoms with E-state index in [1.165, 1.54) is 0 Å². The van der Waals surface area contributed by atoms with E-state index >= 15 is 0 Å². The molecule has 1 aliphatic heterocycles. The predicted octanol–water partition coefficient (Wildman–Crippen LogP) is 0.916. The van der Waals surface area contributed by atoms with Crippen molar-refractivity contribution in [2.75, 3.05) is 5.32 Å². The first kappa shape index (κ1) is 7.43. The molecule has 0 aliphatic carbocycles. The minimum Gasteiger partial charge on any atom is -0.288 e. The first-order chi connectivity index (χ1) is 5.75. The molecule has 0 atom stereocenters. The zero-order chi connectivity index (χ0) is 8.55. The summed E-state index contributed by atoms with van der Waals surface area (Å²) in [5.74, 6) is 0.449. The summed E-state index contributed by atoms with van der Waals surface area (Å²) in [6.07, 6.45) is 0. The SMILES string of the molecule is NC1=[N+]Cc2ccc(Cl)cc2N1. The Kier molecular flexibility index (Phi) is 1.66. The van der Waals surface area contributed by atoms with Gasteiger partial charge in [0.25, 0.3) is 0 Å². The Bertz CT molecular complexity index is 346. The number of nitrogens with zero attached hydrogens (tertiary/aromatic N) is 1. The molecule has 1 heterocycles. The number of nitrogens with one attached hydrogen (secondary N) is 1. The number of halogens is 1. The smallest absolute Gasteiger partial charge is 0.288 e. The molecule has 0 saturated heterocycles. The average molecular weight is 182 g/mol. The Hall–Kier alpha value is -1.22. The third-order valence-corrected chi connectivity index (χ3v) is 1.99. The molecule has 1 radical (unpaired) electrons. The van der Waals surface area contributed by atoms with Gasteiger partial charge in [-0.1, -0.05) is 17.7 Å². The highest BCUT2D eigenvalue weighted by Crippen LogP contribution is 2.21. The quantitative estimate of drug-likeness (QED) is 0.625. The summed E-state index contributed by atoms with van der Waals surface area (Å²) in [6.45, 7) is 0.630. The highest BCUT2D eigenvalue weighted by molar-refractivity contribution is 6.31. The summed E-state index contributed by atoms with van der Waals surface area (Å²) in [6, 6.07) is 5.64. The van der Waals surface area contributed by atoms with Crippen LogP contribution in [0, 0.1) is 0 Å². The minimum absolute atomic E-state index is 0.449. The van der Waals surface area contributed by atoms with Crippen LogP contribution >= 0.6 is 11.6 Å². The first-order valence-electron chi connectivity index (χ1n) is 3.61. The zero-order valence-corrected chi connectivity index (χ0v) is 7.10. The summed E-state index contributed by atoms with van der Waals surface area (Å²) in [7, 11) is 0. The fourth-order valence-electron chi connectivity index (χ4n) is 1.15. The summed E-state index contributed by atoms with van der Waals surface area (Å²) in [4.78, 5) is 4.04. The Balaban J connectivity index is 2.43. The molecule has 1 aliphatic rings. The van der Waals surface area contributed by atoms with Crippen molar-refractivity contribution in [2.24, 2.45) is 5.73 Å². The van der Waals surface area contributed by atoms with Gasteiger partial charge in [-0.2, -0.15) is 0 Å². The van der Waals surface area contributed by atoms with Gasteiger partial charge in [0.2, 0.25) is 0 Å². The third kappa shape index (κ3) is 1.23. The molecule has 12 heavy (non-hydrogen) atoms. The van der Waals surface area contributed by atoms with E-state index in [0.717, 1.165) is 11.3 Å². The van der Waals surface area contributed by atoms with Crippen LogP contribution in [0.4, 0.5) is 5.69 Å². The number of hydrogen-bond acceptors (Lipinski definition) is 3. The standard InChI is InChI=1S/C8H8ClN3/c9-6-2-1-5-4-11-8(10)12-7(5)3-6/h1-3,12H,4,10H2/q+1. The lowest BCUT2D eigenvalue weighted by molar-refractivity contribution is 0.939. The Morgan fingerprint density at radius 1 is 1.50 bits per heavy atom. The third-order valence-electron chi connectivity index (χ3n) is 1.75. The second kappa shape index (κ2) is 2.68. The van der Waals surface area contributed by atoms with Crippen LogP contribution in [0.15, 0.2) is 18.2 Å². The van der Waals surface area contributed by atoms with Crippen LogP contribution < -0.4 is 16.0 Å². The van der Waals surface area contributed by atoms with Gasteiger partial charge in [-0.25, -0.2) is 5.32 Å². The van der Waals surface area contributed by atoms with E-state index in [-0.39, 0.29) is 0 Å². The van der Waals surface area contributed by atoms with E-state index in [9.17, 15) is 0 Å². The molecule has 0 bridgehead atoms. The fourth-order valence-corrected chi connectivity index (χ4v) is 1.32. The Morgan fingerprint density at radius 2 is 2.33 bits per heavy atom. The molecule has 2 rings (SSSR count). The van der Waals surface area contributed by atoms with E-state index in [0.29, 0.717) is 17.5 Å². The number of guanidine groups is 1. The van der Waals surface area contributed by atoms with Gasteiger partial charge in [-0.05, 0) is 12.1 Å². The van der Waals surface area contributed by atoms with Crippen molar-refractivity contribution in [1.29, 1.82) is 0 Å². The number of fused-ring (bicyclic) bond motifs is 1. The van der Waals surface area contributed by atoms with Gasteiger partial charge in [0.15, 0.2) is 0 Å². The van der Waals surface area contributed by atoms with Gasteiger partial charge in [0.1, 0.15) is 12.2 Å².